The van der Waals surface area contributed by atoms with Gasteiger partial charge in [0.15, 0.2) is 0 Å². The molecule has 23 heavy (non-hydrogen) atoms. The van der Waals surface area contributed by atoms with Crippen molar-refractivity contribution in [1.29, 1.82) is 0 Å². The molecule has 1 saturated heterocycles. The van der Waals surface area contributed by atoms with Gasteiger partial charge in [-0.05, 0) is 24.3 Å². The molecule has 3 rings (SSSR count). The highest BCUT2D eigenvalue weighted by atomic mass is 32.2. The molecule has 0 bridgehead atoms. The highest BCUT2D eigenvalue weighted by Crippen LogP contribution is 2.25. The van der Waals surface area contributed by atoms with Crippen molar-refractivity contribution in [2.75, 3.05) is 17.8 Å². The van der Waals surface area contributed by atoms with Gasteiger partial charge in [0, 0.05) is 31.2 Å². The molecule has 0 unspecified atom stereocenters. The summed E-state index contributed by atoms with van der Waals surface area (Å²) in [6.45, 7) is -0.140. The minimum absolute atomic E-state index is 0.0619. The molecule has 2 heterocycles. The normalized spacial score (nSPS) is 16.7. The number of hydrogen-bond donors (Lipinski definition) is 1. The van der Waals surface area contributed by atoms with Crippen LogP contribution in [0.25, 0.3) is 0 Å². The number of hydrogen-bond acceptors (Lipinski definition) is 5. The van der Waals surface area contributed by atoms with Gasteiger partial charge in [-0.15, -0.1) is 0 Å². The van der Waals surface area contributed by atoms with Gasteiger partial charge in [-0.2, -0.15) is 4.31 Å². The Balaban J connectivity index is 1.69. The minimum Gasteiger partial charge on any atom is -0.283 e. The summed E-state index contributed by atoms with van der Waals surface area (Å²) in [5.41, 5.74) is 0.459. The Bertz CT molecular complexity index is 878. The van der Waals surface area contributed by atoms with Gasteiger partial charge in [0.2, 0.25) is 20.0 Å². The Morgan fingerprint density at radius 2 is 1.70 bits per heavy atom. The first kappa shape index (κ1) is 15.9. The maximum atomic E-state index is 12.3. The number of aromatic nitrogens is 1. The van der Waals surface area contributed by atoms with E-state index in [1.165, 1.54) is 24.5 Å². The van der Waals surface area contributed by atoms with Crippen molar-refractivity contribution in [2.24, 2.45) is 0 Å². The third kappa shape index (κ3) is 3.21. The van der Waals surface area contributed by atoms with Crippen molar-refractivity contribution in [1.82, 2.24) is 9.29 Å². The Hall–Kier alpha value is -1.97. The first-order valence-corrected chi connectivity index (χ1v) is 9.85. The molecule has 7 nitrogen and oxygen atoms in total. The fourth-order valence-electron chi connectivity index (χ4n) is 2.20. The van der Waals surface area contributed by atoms with E-state index in [4.69, 9.17) is 0 Å². The molecule has 0 saturated carbocycles. The third-order valence-electron chi connectivity index (χ3n) is 3.56. The van der Waals surface area contributed by atoms with Crippen LogP contribution in [0.4, 0.5) is 5.69 Å². The molecule has 1 fully saturated rings. The molecule has 9 heteroatoms. The standard InChI is InChI=1S/C14H15N3O4S2/c18-22(19,16-12-5-2-1-3-6-12)14-10-17(11-14)23(20,21)13-7-4-8-15-9-13/h1-9,14,16H,10-11H2. The van der Waals surface area contributed by atoms with Gasteiger partial charge in [0.1, 0.15) is 10.1 Å². The van der Waals surface area contributed by atoms with Crippen molar-refractivity contribution in [2.45, 2.75) is 10.1 Å². The molecule has 122 valence electrons. The van der Waals surface area contributed by atoms with Gasteiger partial charge in [-0.3, -0.25) is 9.71 Å². The molecule has 0 spiro atoms. The van der Waals surface area contributed by atoms with Gasteiger partial charge in [-0.25, -0.2) is 16.8 Å². The number of pyridine rings is 1. The van der Waals surface area contributed by atoms with Crippen LogP contribution in [0.2, 0.25) is 0 Å². The first-order chi connectivity index (χ1) is 10.9. The van der Waals surface area contributed by atoms with Crippen LogP contribution in [-0.4, -0.2) is 44.5 Å². The molecule has 0 atom stereocenters. The summed E-state index contributed by atoms with van der Waals surface area (Å²) in [5.74, 6) is 0. The molecule has 2 aromatic rings. The monoisotopic (exact) mass is 353 g/mol. The lowest BCUT2D eigenvalue weighted by atomic mass is 10.3. The maximum Gasteiger partial charge on any atom is 0.244 e. The van der Waals surface area contributed by atoms with E-state index < -0.39 is 25.3 Å². The summed E-state index contributed by atoms with van der Waals surface area (Å²) in [6.07, 6.45) is 2.73. The average molecular weight is 353 g/mol. The van der Waals surface area contributed by atoms with Gasteiger partial charge in [0.05, 0.1) is 0 Å². The lowest BCUT2D eigenvalue weighted by Crippen LogP contribution is -2.57. The predicted molar refractivity (Wildman–Crippen MR) is 85.8 cm³/mol. The number of para-hydroxylation sites is 1. The fourth-order valence-corrected chi connectivity index (χ4v) is 5.26. The molecule has 0 radical (unpaired) electrons. The second-order valence-electron chi connectivity index (χ2n) is 5.15. The third-order valence-corrected chi connectivity index (χ3v) is 7.07. The number of nitrogens with zero attached hydrogens (tertiary/aromatic N) is 2. The summed E-state index contributed by atoms with van der Waals surface area (Å²) in [5, 5.41) is -0.769. The van der Waals surface area contributed by atoms with Crippen LogP contribution in [0.15, 0.2) is 59.8 Å². The molecule has 1 aromatic carbocycles. The number of rotatable bonds is 5. The molecule has 1 aliphatic heterocycles. The topological polar surface area (TPSA) is 96.4 Å². The van der Waals surface area contributed by atoms with Gasteiger partial charge >= 0.3 is 0 Å². The average Bonchev–Trinajstić information content (AvgIpc) is 2.46. The predicted octanol–water partition coefficient (Wildman–Crippen LogP) is 0.896. The minimum atomic E-state index is -3.69. The largest absolute Gasteiger partial charge is 0.283 e. The van der Waals surface area contributed by atoms with Crippen molar-refractivity contribution >= 4 is 25.7 Å². The SMILES string of the molecule is O=S(=O)(Nc1ccccc1)C1CN(S(=O)(=O)c2cccnc2)C1. The Morgan fingerprint density at radius 3 is 2.30 bits per heavy atom. The van der Waals surface area contributed by atoms with Crippen LogP contribution in [0.1, 0.15) is 0 Å². The molecular weight excluding hydrogens is 338 g/mol. The lowest BCUT2D eigenvalue weighted by Gasteiger charge is -2.37. The van der Waals surface area contributed by atoms with E-state index in [1.807, 2.05) is 0 Å². The van der Waals surface area contributed by atoms with E-state index in [0.717, 1.165) is 4.31 Å². The quantitative estimate of drug-likeness (QED) is 0.861. The van der Waals surface area contributed by atoms with E-state index in [9.17, 15) is 16.8 Å². The van der Waals surface area contributed by atoms with Gasteiger partial charge in [-0.1, -0.05) is 18.2 Å². The lowest BCUT2D eigenvalue weighted by molar-refractivity contribution is 0.310. The van der Waals surface area contributed by atoms with E-state index >= 15 is 0 Å². The highest BCUT2D eigenvalue weighted by Gasteiger charge is 2.43. The van der Waals surface area contributed by atoms with Crippen LogP contribution >= 0.6 is 0 Å². The summed E-state index contributed by atoms with van der Waals surface area (Å²) < 4.78 is 52.7. The van der Waals surface area contributed by atoms with Crippen molar-refractivity contribution in [3.63, 3.8) is 0 Å². The van der Waals surface area contributed by atoms with Crippen LogP contribution < -0.4 is 4.72 Å². The van der Waals surface area contributed by atoms with Crippen LogP contribution in [0.5, 0.6) is 0 Å². The van der Waals surface area contributed by atoms with E-state index in [1.54, 1.807) is 30.3 Å². The van der Waals surface area contributed by atoms with Crippen LogP contribution in [0, 0.1) is 0 Å². The number of anilines is 1. The fraction of sp³-hybridized carbons (Fsp3) is 0.214. The number of nitrogens with one attached hydrogen (secondary N) is 1. The van der Waals surface area contributed by atoms with Crippen molar-refractivity contribution in [3.8, 4) is 0 Å². The van der Waals surface area contributed by atoms with Crippen LogP contribution in [0.3, 0.4) is 0 Å². The molecule has 0 amide bonds. The summed E-state index contributed by atoms with van der Waals surface area (Å²) >= 11 is 0. The van der Waals surface area contributed by atoms with Gasteiger partial charge in [0.25, 0.3) is 0 Å². The zero-order chi connectivity index (χ0) is 16.5. The smallest absolute Gasteiger partial charge is 0.244 e. The second-order valence-corrected chi connectivity index (χ2v) is 9.04. The first-order valence-electron chi connectivity index (χ1n) is 6.86. The number of benzene rings is 1. The maximum absolute atomic E-state index is 12.3. The Kier molecular flexibility index (Phi) is 4.09. The highest BCUT2D eigenvalue weighted by molar-refractivity contribution is 7.93. The Labute approximate surface area is 135 Å². The van der Waals surface area contributed by atoms with E-state index in [-0.39, 0.29) is 18.0 Å². The van der Waals surface area contributed by atoms with E-state index in [2.05, 4.69) is 9.71 Å². The van der Waals surface area contributed by atoms with Crippen LogP contribution in [-0.2, 0) is 20.0 Å². The summed E-state index contributed by atoms with van der Waals surface area (Å²) in [4.78, 5) is 3.84. The zero-order valence-corrected chi connectivity index (χ0v) is 13.7. The molecule has 1 N–H and O–H groups in total. The molecule has 0 aliphatic carbocycles. The molecule has 1 aliphatic rings. The molecule has 1 aromatic heterocycles. The molecular formula is C14H15N3O4S2. The van der Waals surface area contributed by atoms with Gasteiger partial charge < -0.3 is 0 Å². The zero-order valence-electron chi connectivity index (χ0n) is 12.0. The van der Waals surface area contributed by atoms with E-state index in [0.29, 0.717) is 5.69 Å². The Morgan fingerprint density at radius 1 is 1.00 bits per heavy atom. The number of sulfonamides is 2. The van der Waals surface area contributed by atoms with Crippen molar-refractivity contribution in [3.05, 3.63) is 54.9 Å². The summed E-state index contributed by atoms with van der Waals surface area (Å²) in [7, 11) is -7.31. The van der Waals surface area contributed by atoms with Crippen molar-refractivity contribution < 1.29 is 16.8 Å². The second kappa shape index (κ2) is 5.91. The summed E-state index contributed by atoms with van der Waals surface area (Å²) in [6, 6.07) is 11.5.